The normalized spacial score (nSPS) is 20.9. The molecule has 0 unspecified atom stereocenters. The number of hydrogen-bond donors (Lipinski definition) is 0. The molecule has 1 aromatic carbocycles. The van der Waals surface area contributed by atoms with Gasteiger partial charge < -0.3 is 4.90 Å². The summed E-state index contributed by atoms with van der Waals surface area (Å²) in [5, 5.41) is 0. The van der Waals surface area contributed by atoms with Gasteiger partial charge >= 0.3 is 0 Å². The standard InChI is InChI=1S/C18H26N2/c1-15-13-18(20-11-5-6-12-20)10-9-16(15)14-19-17-7-3-2-4-8-17/h9-10,13-14,17H,2-8,11-12H2,1H3. The maximum absolute atomic E-state index is 4.80. The van der Waals surface area contributed by atoms with Gasteiger partial charge in [-0.1, -0.05) is 25.3 Å². The van der Waals surface area contributed by atoms with E-state index in [1.165, 1.54) is 74.8 Å². The van der Waals surface area contributed by atoms with Crippen molar-refractivity contribution in [3.63, 3.8) is 0 Å². The topological polar surface area (TPSA) is 15.6 Å². The van der Waals surface area contributed by atoms with Crippen molar-refractivity contribution in [1.29, 1.82) is 0 Å². The number of benzene rings is 1. The van der Waals surface area contributed by atoms with E-state index in [1.54, 1.807) is 0 Å². The molecule has 0 N–H and O–H groups in total. The predicted molar refractivity (Wildman–Crippen MR) is 87.1 cm³/mol. The van der Waals surface area contributed by atoms with Crippen LogP contribution in [-0.4, -0.2) is 25.3 Å². The number of aliphatic imine (C=N–C) groups is 1. The van der Waals surface area contributed by atoms with Crippen molar-refractivity contribution in [3.05, 3.63) is 29.3 Å². The Kier molecular flexibility index (Phi) is 4.39. The summed E-state index contributed by atoms with van der Waals surface area (Å²) >= 11 is 0. The molecule has 0 spiro atoms. The average Bonchev–Trinajstić information content (AvgIpc) is 3.01. The lowest BCUT2D eigenvalue weighted by Crippen LogP contribution is -2.17. The highest BCUT2D eigenvalue weighted by Crippen LogP contribution is 2.23. The fourth-order valence-electron chi connectivity index (χ4n) is 3.39. The Labute approximate surface area is 122 Å². The third kappa shape index (κ3) is 3.23. The van der Waals surface area contributed by atoms with Crippen molar-refractivity contribution >= 4 is 11.9 Å². The van der Waals surface area contributed by atoms with Gasteiger partial charge in [-0.05, 0) is 55.9 Å². The van der Waals surface area contributed by atoms with E-state index in [2.05, 4.69) is 36.2 Å². The van der Waals surface area contributed by atoms with Crippen LogP contribution in [0.3, 0.4) is 0 Å². The lowest BCUT2D eigenvalue weighted by Gasteiger charge is -2.19. The first-order chi connectivity index (χ1) is 9.83. The summed E-state index contributed by atoms with van der Waals surface area (Å²) in [7, 11) is 0. The molecule has 0 aromatic heterocycles. The quantitative estimate of drug-likeness (QED) is 0.746. The molecule has 2 aliphatic rings. The molecule has 2 fully saturated rings. The summed E-state index contributed by atoms with van der Waals surface area (Å²) in [6, 6.07) is 7.41. The van der Waals surface area contributed by atoms with Crippen LogP contribution in [0.15, 0.2) is 23.2 Å². The average molecular weight is 270 g/mol. The van der Waals surface area contributed by atoms with Crippen LogP contribution in [0.1, 0.15) is 56.1 Å². The van der Waals surface area contributed by atoms with Crippen LogP contribution >= 0.6 is 0 Å². The third-order valence-electron chi connectivity index (χ3n) is 4.72. The molecular weight excluding hydrogens is 244 g/mol. The van der Waals surface area contributed by atoms with E-state index in [0.29, 0.717) is 6.04 Å². The first-order valence-corrected chi connectivity index (χ1v) is 8.22. The fraction of sp³-hybridized carbons (Fsp3) is 0.611. The number of nitrogens with zero attached hydrogens (tertiary/aromatic N) is 2. The zero-order valence-electron chi connectivity index (χ0n) is 12.6. The van der Waals surface area contributed by atoms with Gasteiger partial charge in [-0.3, -0.25) is 4.99 Å². The maximum atomic E-state index is 4.80. The molecule has 1 aliphatic carbocycles. The van der Waals surface area contributed by atoms with Crippen LogP contribution in [0.25, 0.3) is 0 Å². The molecule has 2 heteroatoms. The highest BCUT2D eigenvalue weighted by atomic mass is 15.1. The SMILES string of the molecule is Cc1cc(N2CCCC2)ccc1C=NC1CCCCC1. The van der Waals surface area contributed by atoms with Crippen LogP contribution < -0.4 is 4.90 Å². The van der Waals surface area contributed by atoms with Crippen molar-refractivity contribution in [2.75, 3.05) is 18.0 Å². The Bertz CT molecular complexity index is 466. The summed E-state index contributed by atoms with van der Waals surface area (Å²) < 4.78 is 0. The smallest absolute Gasteiger partial charge is 0.0499 e. The molecule has 0 atom stereocenters. The number of hydrogen-bond acceptors (Lipinski definition) is 2. The lowest BCUT2D eigenvalue weighted by atomic mass is 9.96. The molecule has 2 nitrogen and oxygen atoms in total. The molecule has 0 radical (unpaired) electrons. The minimum Gasteiger partial charge on any atom is -0.372 e. The first kappa shape index (κ1) is 13.7. The van der Waals surface area contributed by atoms with Gasteiger partial charge in [0.05, 0.1) is 0 Å². The highest BCUT2D eigenvalue weighted by Gasteiger charge is 2.13. The Balaban J connectivity index is 1.68. The second-order valence-electron chi connectivity index (χ2n) is 6.31. The summed E-state index contributed by atoms with van der Waals surface area (Å²) in [6.07, 6.45) is 11.5. The molecule has 0 amide bonds. The van der Waals surface area contributed by atoms with Crippen LogP contribution in [0.4, 0.5) is 5.69 Å². The van der Waals surface area contributed by atoms with E-state index < -0.39 is 0 Å². The number of anilines is 1. The van der Waals surface area contributed by atoms with Crippen molar-refractivity contribution in [2.45, 2.75) is 57.9 Å². The fourth-order valence-corrected chi connectivity index (χ4v) is 3.39. The van der Waals surface area contributed by atoms with E-state index in [-0.39, 0.29) is 0 Å². The molecule has 3 rings (SSSR count). The van der Waals surface area contributed by atoms with Crippen LogP contribution in [0.5, 0.6) is 0 Å². The minimum atomic E-state index is 0.571. The van der Waals surface area contributed by atoms with Gasteiger partial charge in [0.1, 0.15) is 0 Å². The second kappa shape index (κ2) is 6.43. The molecule has 20 heavy (non-hydrogen) atoms. The van der Waals surface area contributed by atoms with Gasteiger partial charge in [-0.2, -0.15) is 0 Å². The van der Waals surface area contributed by atoms with E-state index >= 15 is 0 Å². The van der Waals surface area contributed by atoms with Gasteiger partial charge in [0.2, 0.25) is 0 Å². The van der Waals surface area contributed by atoms with Crippen molar-refractivity contribution < 1.29 is 0 Å². The van der Waals surface area contributed by atoms with Crippen molar-refractivity contribution in [2.24, 2.45) is 4.99 Å². The van der Waals surface area contributed by atoms with Gasteiger partial charge in [0.25, 0.3) is 0 Å². The Morgan fingerprint density at radius 2 is 1.80 bits per heavy atom. The van der Waals surface area contributed by atoms with Gasteiger partial charge in [-0.15, -0.1) is 0 Å². The molecule has 1 aliphatic heterocycles. The largest absolute Gasteiger partial charge is 0.372 e. The van der Waals surface area contributed by atoms with Gasteiger partial charge in [0, 0.05) is 31.0 Å². The summed E-state index contributed by atoms with van der Waals surface area (Å²) in [5.74, 6) is 0. The minimum absolute atomic E-state index is 0.571. The predicted octanol–water partition coefficient (Wildman–Crippen LogP) is 4.35. The second-order valence-corrected chi connectivity index (χ2v) is 6.31. The lowest BCUT2D eigenvalue weighted by molar-refractivity contribution is 0.444. The van der Waals surface area contributed by atoms with Crippen LogP contribution in [-0.2, 0) is 0 Å². The van der Waals surface area contributed by atoms with Crippen LogP contribution in [0.2, 0.25) is 0 Å². The zero-order chi connectivity index (χ0) is 13.8. The van der Waals surface area contributed by atoms with Gasteiger partial charge in [0.15, 0.2) is 0 Å². The Morgan fingerprint density at radius 3 is 2.50 bits per heavy atom. The van der Waals surface area contributed by atoms with E-state index in [1.807, 2.05) is 0 Å². The summed E-state index contributed by atoms with van der Waals surface area (Å²) in [5.41, 5.74) is 4.03. The molecule has 1 aromatic rings. The first-order valence-electron chi connectivity index (χ1n) is 8.22. The van der Waals surface area contributed by atoms with Crippen molar-refractivity contribution in [3.8, 4) is 0 Å². The highest BCUT2D eigenvalue weighted by molar-refractivity contribution is 5.82. The molecule has 1 saturated carbocycles. The third-order valence-corrected chi connectivity index (χ3v) is 4.72. The maximum Gasteiger partial charge on any atom is 0.0499 e. The Morgan fingerprint density at radius 1 is 1.05 bits per heavy atom. The van der Waals surface area contributed by atoms with Crippen LogP contribution in [0, 0.1) is 6.92 Å². The summed E-state index contributed by atoms with van der Waals surface area (Å²) in [4.78, 5) is 7.30. The number of aryl methyl sites for hydroxylation is 1. The molecular formula is C18H26N2. The molecule has 0 bridgehead atoms. The van der Waals surface area contributed by atoms with E-state index in [0.717, 1.165) is 0 Å². The van der Waals surface area contributed by atoms with E-state index in [4.69, 9.17) is 4.99 Å². The van der Waals surface area contributed by atoms with E-state index in [9.17, 15) is 0 Å². The molecule has 1 heterocycles. The molecule has 108 valence electrons. The molecule has 1 saturated heterocycles. The zero-order valence-corrected chi connectivity index (χ0v) is 12.6. The summed E-state index contributed by atoms with van der Waals surface area (Å²) in [6.45, 7) is 4.64. The monoisotopic (exact) mass is 270 g/mol. The number of rotatable bonds is 3. The van der Waals surface area contributed by atoms with Gasteiger partial charge in [-0.25, -0.2) is 0 Å². The van der Waals surface area contributed by atoms with Crippen molar-refractivity contribution in [1.82, 2.24) is 0 Å². The Hall–Kier alpha value is -1.31.